The molecule has 27 heavy (non-hydrogen) atoms. The Hall–Kier alpha value is -3.11. The molecule has 138 valence electrons. The third-order valence-corrected chi connectivity index (χ3v) is 5.67. The predicted octanol–water partition coefficient (Wildman–Crippen LogP) is 4.26. The molecule has 0 saturated carbocycles. The summed E-state index contributed by atoms with van der Waals surface area (Å²) >= 11 is 0. The van der Waals surface area contributed by atoms with E-state index in [1.807, 2.05) is 20.8 Å². The van der Waals surface area contributed by atoms with Gasteiger partial charge in [0.15, 0.2) is 0 Å². The highest BCUT2D eigenvalue weighted by Gasteiger charge is 2.21. The minimum Gasteiger partial charge on any atom is -0.308 e. The van der Waals surface area contributed by atoms with Crippen molar-refractivity contribution in [2.24, 2.45) is 0 Å². The van der Waals surface area contributed by atoms with Gasteiger partial charge in [-0.1, -0.05) is 26.8 Å². The highest BCUT2D eigenvalue weighted by molar-refractivity contribution is 7.94. The predicted molar refractivity (Wildman–Crippen MR) is 105 cm³/mol. The Labute approximate surface area is 158 Å². The molecule has 0 spiro atoms. The molecule has 0 atom stereocenters. The number of hydrogen-bond acceptors (Lipinski definition) is 4. The summed E-state index contributed by atoms with van der Waals surface area (Å²) in [5.41, 5.74) is 2.67. The van der Waals surface area contributed by atoms with E-state index in [9.17, 15) is 18.5 Å². The van der Waals surface area contributed by atoms with Gasteiger partial charge in [-0.15, -0.1) is 0 Å². The first-order chi connectivity index (χ1) is 12.6. The summed E-state index contributed by atoms with van der Waals surface area (Å²) in [6.07, 6.45) is 1.53. The van der Waals surface area contributed by atoms with Crippen LogP contribution in [0.4, 0.5) is 16.2 Å². The SMILES string of the molecule is CC(C)(C)c1cc(NC(=O)Nc2ccc3c(c2)S(=O)(=O)C=C3)ccc1C#N. The monoisotopic (exact) mass is 381 g/mol. The van der Waals surface area contributed by atoms with E-state index >= 15 is 0 Å². The molecule has 0 bridgehead atoms. The van der Waals surface area contributed by atoms with Crippen molar-refractivity contribution in [2.75, 3.05) is 10.6 Å². The summed E-state index contributed by atoms with van der Waals surface area (Å²) in [5.74, 6) is 0. The number of fused-ring (bicyclic) bond motifs is 1. The van der Waals surface area contributed by atoms with Crippen LogP contribution in [0.2, 0.25) is 0 Å². The number of anilines is 2. The van der Waals surface area contributed by atoms with Crippen molar-refractivity contribution in [3.63, 3.8) is 0 Å². The minimum absolute atomic E-state index is 0.175. The van der Waals surface area contributed by atoms with Crippen molar-refractivity contribution >= 4 is 33.3 Å². The molecule has 1 heterocycles. The van der Waals surface area contributed by atoms with Crippen molar-refractivity contribution in [3.8, 4) is 6.07 Å². The van der Waals surface area contributed by atoms with Gasteiger partial charge in [-0.3, -0.25) is 0 Å². The van der Waals surface area contributed by atoms with Gasteiger partial charge < -0.3 is 10.6 Å². The van der Waals surface area contributed by atoms with Crippen LogP contribution < -0.4 is 10.6 Å². The standard InChI is InChI=1S/C20H19N3O3S/c1-20(2,3)17-10-15(7-5-14(17)12-21)22-19(24)23-16-6-4-13-8-9-27(25,26)18(13)11-16/h4-11H,1-3H3,(H2,22,23,24). The van der Waals surface area contributed by atoms with E-state index in [1.54, 1.807) is 30.3 Å². The van der Waals surface area contributed by atoms with Gasteiger partial charge in [0.05, 0.1) is 16.5 Å². The zero-order chi connectivity index (χ0) is 19.8. The van der Waals surface area contributed by atoms with Gasteiger partial charge in [-0.05, 0) is 52.9 Å². The highest BCUT2D eigenvalue weighted by Crippen LogP contribution is 2.30. The molecule has 0 aliphatic carbocycles. The molecule has 0 radical (unpaired) electrons. The number of nitrogens with one attached hydrogen (secondary N) is 2. The molecule has 0 saturated heterocycles. The summed E-state index contributed by atoms with van der Waals surface area (Å²) in [4.78, 5) is 12.5. The zero-order valence-corrected chi connectivity index (χ0v) is 16.0. The van der Waals surface area contributed by atoms with E-state index in [0.717, 1.165) is 11.0 Å². The lowest BCUT2D eigenvalue weighted by molar-refractivity contribution is 0.262. The molecule has 1 aliphatic heterocycles. The third kappa shape index (κ3) is 3.86. The van der Waals surface area contributed by atoms with E-state index in [4.69, 9.17) is 0 Å². The Bertz CT molecular complexity index is 1100. The average Bonchev–Trinajstić information content (AvgIpc) is 2.89. The van der Waals surface area contributed by atoms with Crippen LogP contribution >= 0.6 is 0 Å². The highest BCUT2D eigenvalue weighted by atomic mass is 32.2. The summed E-state index contributed by atoms with van der Waals surface area (Å²) in [6, 6.07) is 11.5. The number of nitriles is 1. The van der Waals surface area contributed by atoms with Crippen molar-refractivity contribution < 1.29 is 13.2 Å². The molecule has 2 N–H and O–H groups in total. The Balaban J connectivity index is 1.79. The number of hydrogen-bond donors (Lipinski definition) is 2. The minimum atomic E-state index is -3.44. The smallest absolute Gasteiger partial charge is 0.308 e. The number of nitrogens with zero attached hydrogens (tertiary/aromatic N) is 1. The zero-order valence-electron chi connectivity index (χ0n) is 15.2. The Morgan fingerprint density at radius 2 is 1.67 bits per heavy atom. The normalized spacial score (nSPS) is 14.3. The lowest BCUT2D eigenvalue weighted by Gasteiger charge is -2.21. The van der Waals surface area contributed by atoms with Crippen LogP contribution in [0.5, 0.6) is 0 Å². The molecular weight excluding hydrogens is 362 g/mol. The van der Waals surface area contributed by atoms with Crippen molar-refractivity contribution in [1.29, 1.82) is 5.26 Å². The van der Waals surface area contributed by atoms with Crippen LogP contribution in [-0.2, 0) is 15.3 Å². The van der Waals surface area contributed by atoms with Crippen LogP contribution in [0.15, 0.2) is 46.7 Å². The van der Waals surface area contributed by atoms with Crippen LogP contribution in [0, 0.1) is 11.3 Å². The first-order valence-corrected chi connectivity index (χ1v) is 9.85. The summed E-state index contributed by atoms with van der Waals surface area (Å²) in [7, 11) is -3.44. The van der Waals surface area contributed by atoms with Crippen LogP contribution in [0.1, 0.15) is 37.5 Å². The van der Waals surface area contributed by atoms with Gasteiger partial charge in [0.2, 0.25) is 9.84 Å². The topological polar surface area (TPSA) is 99.1 Å². The maximum Gasteiger partial charge on any atom is 0.323 e. The van der Waals surface area contributed by atoms with E-state index in [2.05, 4.69) is 16.7 Å². The fraction of sp³-hybridized carbons (Fsp3) is 0.200. The number of urea groups is 1. The quantitative estimate of drug-likeness (QED) is 0.812. The molecule has 1 aliphatic rings. The third-order valence-electron chi connectivity index (χ3n) is 4.21. The largest absolute Gasteiger partial charge is 0.323 e. The van der Waals surface area contributed by atoms with Gasteiger partial charge in [-0.2, -0.15) is 5.26 Å². The fourth-order valence-corrected chi connectivity index (χ4v) is 4.09. The molecule has 7 heteroatoms. The van der Waals surface area contributed by atoms with Crippen molar-refractivity contribution in [1.82, 2.24) is 0 Å². The molecular formula is C20H19N3O3S. The maximum absolute atomic E-state index is 12.3. The van der Waals surface area contributed by atoms with E-state index in [1.165, 1.54) is 12.1 Å². The molecule has 0 fully saturated rings. The molecule has 2 amide bonds. The molecule has 6 nitrogen and oxygen atoms in total. The molecule has 0 aromatic heterocycles. The van der Waals surface area contributed by atoms with Gasteiger partial charge in [0, 0.05) is 16.8 Å². The number of carbonyl (C=O) groups excluding carboxylic acids is 1. The van der Waals surface area contributed by atoms with Gasteiger partial charge in [-0.25, -0.2) is 13.2 Å². The summed E-state index contributed by atoms with van der Waals surface area (Å²) in [5, 5.41) is 15.8. The van der Waals surface area contributed by atoms with E-state index in [0.29, 0.717) is 22.5 Å². The van der Waals surface area contributed by atoms with Crippen molar-refractivity contribution in [3.05, 3.63) is 58.5 Å². The Morgan fingerprint density at radius 1 is 1.04 bits per heavy atom. The second-order valence-electron chi connectivity index (χ2n) is 7.30. The number of benzene rings is 2. The molecule has 2 aromatic carbocycles. The molecule has 0 unspecified atom stereocenters. The number of carbonyl (C=O) groups is 1. The number of rotatable bonds is 2. The second kappa shape index (κ2) is 6.56. The van der Waals surface area contributed by atoms with Crippen molar-refractivity contribution in [2.45, 2.75) is 31.1 Å². The Kier molecular flexibility index (Phi) is 4.54. The van der Waals surface area contributed by atoms with E-state index in [-0.39, 0.29) is 10.3 Å². The van der Waals surface area contributed by atoms with Crippen LogP contribution in [0.3, 0.4) is 0 Å². The van der Waals surface area contributed by atoms with Gasteiger partial charge in [0.25, 0.3) is 0 Å². The van der Waals surface area contributed by atoms with Crippen LogP contribution in [0.25, 0.3) is 6.08 Å². The molecule has 2 aromatic rings. The lowest BCUT2D eigenvalue weighted by atomic mass is 9.84. The first kappa shape index (κ1) is 18.7. The lowest BCUT2D eigenvalue weighted by Crippen LogP contribution is -2.20. The number of sulfone groups is 1. The second-order valence-corrected chi connectivity index (χ2v) is 9.10. The summed E-state index contributed by atoms with van der Waals surface area (Å²) in [6.45, 7) is 5.98. The van der Waals surface area contributed by atoms with E-state index < -0.39 is 15.9 Å². The molecule has 3 rings (SSSR count). The number of amides is 2. The van der Waals surface area contributed by atoms with Gasteiger partial charge >= 0.3 is 6.03 Å². The average molecular weight is 381 g/mol. The Morgan fingerprint density at radius 3 is 2.30 bits per heavy atom. The van der Waals surface area contributed by atoms with Gasteiger partial charge in [0.1, 0.15) is 0 Å². The maximum atomic E-state index is 12.3. The van der Waals surface area contributed by atoms with Crippen LogP contribution in [-0.4, -0.2) is 14.4 Å². The first-order valence-electron chi connectivity index (χ1n) is 8.30. The summed E-state index contributed by atoms with van der Waals surface area (Å²) < 4.78 is 23.9. The fourth-order valence-electron chi connectivity index (χ4n) is 2.87.